The van der Waals surface area contributed by atoms with Gasteiger partial charge in [-0.1, -0.05) is 0 Å². The van der Waals surface area contributed by atoms with Gasteiger partial charge in [0.1, 0.15) is 5.75 Å². The van der Waals surface area contributed by atoms with E-state index in [0.717, 1.165) is 22.6 Å². The first-order valence-electron chi connectivity index (χ1n) is 4.65. The van der Waals surface area contributed by atoms with Gasteiger partial charge in [0.05, 0.1) is 7.11 Å². The summed E-state index contributed by atoms with van der Waals surface area (Å²) in [7, 11) is 3.27. The third-order valence-electron chi connectivity index (χ3n) is 2.41. The molecule has 0 saturated carbocycles. The summed E-state index contributed by atoms with van der Waals surface area (Å²) in [5, 5.41) is 0. The predicted octanol–water partition coefficient (Wildman–Crippen LogP) is 1.83. The fraction of sp³-hybridized carbons (Fsp3) is 0.364. The number of hydrogen-bond acceptors (Lipinski definition) is 2. The Balaban J connectivity index is 3.21. The van der Waals surface area contributed by atoms with Gasteiger partial charge < -0.3 is 10.5 Å². The summed E-state index contributed by atoms with van der Waals surface area (Å²) in [4.78, 5) is 12.5. The van der Waals surface area contributed by atoms with Crippen LogP contribution in [0.15, 0.2) is 12.1 Å². The monoisotopic (exact) mass is 208 g/mol. The fourth-order valence-electron chi connectivity index (χ4n) is 1.47. The highest BCUT2D eigenvalue weighted by atomic mass is 16.5. The first-order valence-corrected chi connectivity index (χ1v) is 4.65. The van der Waals surface area contributed by atoms with Gasteiger partial charge in [-0.15, -0.1) is 0 Å². The van der Waals surface area contributed by atoms with E-state index >= 15 is 0 Å². The van der Waals surface area contributed by atoms with Crippen LogP contribution in [-0.4, -0.2) is 20.2 Å². The number of hydrogen-bond donors (Lipinski definition) is 1. The Kier molecular flexibility index (Phi) is 3.19. The van der Waals surface area contributed by atoms with Gasteiger partial charge in [0.15, 0.2) is 0 Å². The highest BCUT2D eigenvalue weighted by molar-refractivity contribution is 5.91. The van der Waals surface area contributed by atoms with Gasteiger partial charge in [-0.2, -0.15) is 0 Å². The first-order chi connectivity index (χ1) is 6.97. The number of ether oxygens (including phenoxy) is 1. The van der Waals surface area contributed by atoms with Gasteiger partial charge in [0.2, 0.25) is 0 Å². The van der Waals surface area contributed by atoms with E-state index in [-0.39, 0.29) is 0 Å². The Morgan fingerprint density at radius 2 is 1.93 bits per heavy atom. The molecular weight excluding hydrogens is 192 g/mol. The molecule has 0 atom stereocenters. The zero-order chi connectivity index (χ0) is 11.6. The Morgan fingerprint density at radius 1 is 1.33 bits per heavy atom. The number of anilines is 1. The number of aryl methyl sites for hydroxylation is 2. The summed E-state index contributed by atoms with van der Waals surface area (Å²) in [6.07, 6.45) is 0. The van der Waals surface area contributed by atoms with Crippen LogP contribution < -0.4 is 15.4 Å². The summed E-state index contributed by atoms with van der Waals surface area (Å²) in [6, 6.07) is 3.31. The van der Waals surface area contributed by atoms with Crippen LogP contribution in [0.25, 0.3) is 0 Å². The van der Waals surface area contributed by atoms with Crippen molar-refractivity contribution >= 4 is 11.7 Å². The normalized spacial score (nSPS) is 9.87. The van der Waals surface area contributed by atoms with E-state index in [9.17, 15) is 4.79 Å². The summed E-state index contributed by atoms with van der Waals surface area (Å²) in [5.74, 6) is 0.814. The molecule has 1 aromatic rings. The van der Waals surface area contributed by atoms with Crippen LogP contribution in [0.2, 0.25) is 0 Å². The molecule has 0 unspecified atom stereocenters. The summed E-state index contributed by atoms with van der Waals surface area (Å²) in [6.45, 7) is 3.84. The minimum Gasteiger partial charge on any atom is -0.496 e. The highest BCUT2D eigenvalue weighted by Gasteiger charge is 2.11. The highest BCUT2D eigenvalue weighted by Crippen LogP contribution is 2.27. The van der Waals surface area contributed by atoms with Gasteiger partial charge in [-0.05, 0) is 37.1 Å². The quantitative estimate of drug-likeness (QED) is 0.806. The van der Waals surface area contributed by atoms with E-state index < -0.39 is 6.03 Å². The number of nitrogens with two attached hydrogens (primary N) is 1. The van der Waals surface area contributed by atoms with Crippen molar-refractivity contribution in [1.82, 2.24) is 0 Å². The van der Waals surface area contributed by atoms with E-state index in [1.54, 1.807) is 14.2 Å². The largest absolute Gasteiger partial charge is 0.496 e. The molecule has 0 aliphatic rings. The minimum atomic E-state index is -0.470. The van der Waals surface area contributed by atoms with E-state index in [1.165, 1.54) is 4.90 Å². The molecule has 0 aromatic heterocycles. The van der Waals surface area contributed by atoms with Crippen LogP contribution >= 0.6 is 0 Å². The smallest absolute Gasteiger partial charge is 0.319 e. The average molecular weight is 208 g/mol. The lowest BCUT2D eigenvalue weighted by Crippen LogP contribution is -2.32. The lowest BCUT2D eigenvalue weighted by Gasteiger charge is -2.18. The lowest BCUT2D eigenvalue weighted by atomic mass is 10.1. The maximum Gasteiger partial charge on any atom is 0.319 e. The number of benzene rings is 1. The van der Waals surface area contributed by atoms with Crippen molar-refractivity contribution in [3.8, 4) is 5.75 Å². The van der Waals surface area contributed by atoms with E-state index in [0.29, 0.717) is 0 Å². The molecule has 0 aliphatic heterocycles. The maximum atomic E-state index is 11.0. The number of primary amides is 1. The Labute approximate surface area is 89.6 Å². The molecule has 2 amide bonds. The summed E-state index contributed by atoms with van der Waals surface area (Å²) in [5.41, 5.74) is 7.95. The van der Waals surface area contributed by atoms with Crippen LogP contribution in [0.5, 0.6) is 5.75 Å². The summed E-state index contributed by atoms with van der Waals surface area (Å²) >= 11 is 0. The average Bonchev–Trinajstić information content (AvgIpc) is 2.19. The van der Waals surface area contributed by atoms with Gasteiger partial charge in [0, 0.05) is 12.7 Å². The molecule has 1 aromatic carbocycles. The van der Waals surface area contributed by atoms with Gasteiger partial charge in [-0.25, -0.2) is 4.79 Å². The molecule has 0 radical (unpaired) electrons. The van der Waals surface area contributed by atoms with Crippen molar-refractivity contribution in [3.05, 3.63) is 23.3 Å². The molecule has 4 heteroatoms. The molecular formula is C11H16N2O2. The topological polar surface area (TPSA) is 55.6 Å². The van der Waals surface area contributed by atoms with E-state index in [1.807, 2.05) is 26.0 Å². The first kappa shape index (κ1) is 11.4. The number of carbonyl (C=O) groups is 1. The molecule has 0 spiro atoms. The van der Waals surface area contributed by atoms with Crippen LogP contribution in [0, 0.1) is 13.8 Å². The molecule has 0 fully saturated rings. The van der Waals surface area contributed by atoms with Crippen molar-refractivity contribution in [2.45, 2.75) is 13.8 Å². The van der Waals surface area contributed by atoms with Crippen LogP contribution in [0.3, 0.4) is 0 Å². The standard InChI is InChI=1S/C11H16N2O2/c1-7-6-10(15-4)8(2)5-9(7)13(3)11(12)14/h5-6H,1-4H3,(H2,12,14). The zero-order valence-electron chi connectivity index (χ0n) is 9.50. The lowest BCUT2D eigenvalue weighted by molar-refractivity contribution is 0.255. The van der Waals surface area contributed by atoms with E-state index in [2.05, 4.69) is 0 Å². The fourth-order valence-corrected chi connectivity index (χ4v) is 1.47. The van der Waals surface area contributed by atoms with Gasteiger partial charge in [0.25, 0.3) is 0 Å². The predicted molar refractivity (Wildman–Crippen MR) is 60.5 cm³/mol. The number of methoxy groups -OCH3 is 1. The van der Waals surface area contributed by atoms with Crippen molar-refractivity contribution in [1.29, 1.82) is 0 Å². The second-order valence-electron chi connectivity index (χ2n) is 3.51. The zero-order valence-corrected chi connectivity index (χ0v) is 9.50. The van der Waals surface area contributed by atoms with E-state index in [4.69, 9.17) is 10.5 Å². The molecule has 0 bridgehead atoms. The summed E-state index contributed by atoms with van der Waals surface area (Å²) < 4.78 is 5.19. The molecule has 1 rings (SSSR count). The van der Waals surface area contributed by atoms with Gasteiger partial charge >= 0.3 is 6.03 Å². The number of nitrogens with zero attached hydrogens (tertiary/aromatic N) is 1. The molecule has 82 valence electrons. The second-order valence-corrected chi connectivity index (χ2v) is 3.51. The van der Waals surface area contributed by atoms with Crippen molar-refractivity contribution in [2.75, 3.05) is 19.1 Å². The third-order valence-corrected chi connectivity index (χ3v) is 2.41. The number of carbonyl (C=O) groups excluding carboxylic acids is 1. The molecule has 2 N–H and O–H groups in total. The van der Waals surface area contributed by atoms with Crippen LogP contribution in [0.1, 0.15) is 11.1 Å². The SMILES string of the molecule is COc1cc(C)c(N(C)C(N)=O)cc1C. The van der Waals surface area contributed by atoms with Gasteiger partial charge in [-0.3, -0.25) is 4.90 Å². The minimum absolute atomic E-state index is 0.470. The Morgan fingerprint density at radius 3 is 2.40 bits per heavy atom. The van der Waals surface area contributed by atoms with Crippen molar-refractivity contribution < 1.29 is 9.53 Å². The maximum absolute atomic E-state index is 11.0. The van der Waals surface area contributed by atoms with Crippen LogP contribution in [-0.2, 0) is 0 Å². The molecule has 0 aliphatic carbocycles. The van der Waals surface area contributed by atoms with Crippen molar-refractivity contribution in [3.63, 3.8) is 0 Å². The third kappa shape index (κ3) is 2.21. The number of amides is 2. The Bertz CT molecular complexity index is 388. The molecule has 0 saturated heterocycles. The number of rotatable bonds is 2. The molecule has 15 heavy (non-hydrogen) atoms. The second kappa shape index (κ2) is 4.21. The molecule has 4 nitrogen and oxygen atoms in total. The van der Waals surface area contributed by atoms with Crippen molar-refractivity contribution in [2.24, 2.45) is 5.73 Å². The Hall–Kier alpha value is -1.71. The number of urea groups is 1. The van der Waals surface area contributed by atoms with Crippen LogP contribution in [0.4, 0.5) is 10.5 Å². The molecule has 0 heterocycles.